The van der Waals surface area contributed by atoms with E-state index in [9.17, 15) is 0 Å². The number of aromatic nitrogens is 1. The Labute approximate surface area is 148 Å². The topological polar surface area (TPSA) is 70.5 Å². The molecule has 2 N–H and O–H groups in total. The van der Waals surface area contributed by atoms with Gasteiger partial charge in [0.2, 0.25) is 0 Å². The van der Waals surface area contributed by atoms with Gasteiger partial charge in [-0.2, -0.15) is 0 Å². The summed E-state index contributed by atoms with van der Waals surface area (Å²) >= 11 is 0. The van der Waals surface area contributed by atoms with E-state index in [0.717, 1.165) is 60.9 Å². The second-order valence-electron chi connectivity index (χ2n) is 7.72. The summed E-state index contributed by atoms with van der Waals surface area (Å²) in [5.74, 6) is 2.88. The first-order chi connectivity index (χ1) is 12.2. The van der Waals surface area contributed by atoms with Gasteiger partial charge in [0.1, 0.15) is 11.3 Å². The van der Waals surface area contributed by atoms with Gasteiger partial charge in [-0.1, -0.05) is 0 Å². The van der Waals surface area contributed by atoms with Gasteiger partial charge in [0, 0.05) is 18.0 Å². The first kappa shape index (κ1) is 16.9. The molecule has 2 aliphatic carbocycles. The van der Waals surface area contributed by atoms with E-state index in [1.807, 2.05) is 25.1 Å². The van der Waals surface area contributed by atoms with Crippen molar-refractivity contribution in [2.45, 2.75) is 63.5 Å². The monoisotopic (exact) mass is 344 g/mol. The fourth-order valence-electron chi connectivity index (χ4n) is 3.45. The lowest BCUT2D eigenvalue weighted by molar-refractivity contribution is 0.0179. The number of fused-ring (bicyclic) bond motifs is 1. The van der Waals surface area contributed by atoms with Crippen LogP contribution in [0.3, 0.4) is 0 Å². The molecule has 2 aliphatic rings. The standard InChI is InChI=1S/C20H28N2O3/c1-13(21)11-23-16-6-4-15(5-7-16)20-22-18-9-8-17(10-19(18)25-20)24-12-14-2-3-14/h8-10,13-16H,2-7,11-12,21H2,1H3/t13?,15-,16-. The van der Waals surface area contributed by atoms with Gasteiger partial charge in [0.15, 0.2) is 11.5 Å². The zero-order chi connectivity index (χ0) is 17.2. The molecule has 2 aromatic rings. The lowest BCUT2D eigenvalue weighted by Gasteiger charge is -2.27. The first-order valence-corrected chi connectivity index (χ1v) is 9.58. The summed E-state index contributed by atoms with van der Waals surface area (Å²) in [5.41, 5.74) is 7.52. The van der Waals surface area contributed by atoms with Gasteiger partial charge >= 0.3 is 0 Å². The number of rotatable bonds is 7. The van der Waals surface area contributed by atoms with Crippen LogP contribution < -0.4 is 10.5 Å². The zero-order valence-electron chi connectivity index (χ0n) is 14.9. The van der Waals surface area contributed by atoms with Crippen molar-refractivity contribution in [2.24, 2.45) is 11.7 Å². The third-order valence-electron chi connectivity index (χ3n) is 5.18. The number of hydrogen-bond donors (Lipinski definition) is 1. The van der Waals surface area contributed by atoms with Crippen molar-refractivity contribution in [2.75, 3.05) is 13.2 Å². The van der Waals surface area contributed by atoms with E-state index in [0.29, 0.717) is 18.6 Å². The largest absolute Gasteiger partial charge is 0.493 e. The van der Waals surface area contributed by atoms with Crippen molar-refractivity contribution in [1.29, 1.82) is 0 Å². The molecule has 2 saturated carbocycles. The average molecular weight is 344 g/mol. The van der Waals surface area contributed by atoms with Gasteiger partial charge in [-0.3, -0.25) is 0 Å². The van der Waals surface area contributed by atoms with E-state index in [-0.39, 0.29) is 6.04 Å². The van der Waals surface area contributed by atoms with E-state index in [1.54, 1.807) is 0 Å². The molecule has 0 saturated heterocycles. The van der Waals surface area contributed by atoms with Crippen LogP contribution in [-0.2, 0) is 4.74 Å². The Morgan fingerprint density at radius 3 is 2.72 bits per heavy atom. The predicted octanol–water partition coefficient (Wildman–Crippen LogP) is 4.01. The molecule has 0 aliphatic heterocycles. The number of oxazole rings is 1. The number of nitrogens with zero attached hydrogens (tertiary/aromatic N) is 1. The minimum absolute atomic E-state index is 0.103. The third kappa shape index (κ3) is 4.33. The van der Waals surface area contributed by atoms with Crippen molar-refractivity contribution in [3.05, 3.63) is 24.1 Å². The molecular formula is C20H28N2O3. The second kappa shape index (κ2) is 7.34. The Balaban J connectivity index is 1.36. The smallest absolute Gasteiger partial charge is 0.198 e. The van der Waals surface area contributed by atoms with Crippen LogP contribution in [-0.4, -0.2) is 30.3 Å². The molecule has 1 atom stereocenters. The van der Waals surface area contributed by atoms with Crippen LogP contribution in [0.2, 0.25) is 0 Å². The molecular weight excluding hydrogens is 316 g/mol. The number of ether oxygens (including phenoxy) is 2. The van der Waals surface area contributed by atoms with Crippen molar-refractivity contribution in [1.82, 2.24) is 4.98 Å². The van der Waals surface area contributed by atoms with Crippen molar-refractivity contribution < 1.29 is 13.9 Å². The molecule has 25 heavy (non-hydrogen) atoms. The van der Waals surface area contributed by atoms with E-state index in [2.05, 4.69) is 0 Å². The molecule has 0 spiro atoms. The number of benzene rings is 1. The summed E-state index contributed by atoms with van der Waals surface area (Å²) in [7, 11) is 0. The molecule has 0 bridgehead atoms. The molecule has 1 aromatic carbocycles. The van der Waals surface area contributed by atoms with Crippen LogP contribution in [0.25, 0.3) is 11.1 Å². The van der Waals surface area contributed by atoms with E-state index in [1.165, 1.54) is 12.8 Å². The molecule has 5 nitrogen and oxygen atoms in total. The summed E-state index contributed by atoms with van der Waals surface area (Å²) in [5, 5.41) is 0. The van der Waals surface area contributed by atoms with E-state index < -0.39 is 0 Å². The van der Waals surface area contributed by atoms with Gasteiger partial charge in [0.05, 0.1) is 19.3 Å². The Morgan fingerprint density at radius 1 is 1.20 bits per heavy atom. The summed E-state index contributed by atoms with van der Waals surface area (Å²) in [6, 6.07) is 6.08. The summed E-state index contributed by atoms with van der Waals surface area (Å²) in [6.07, 6.45) is 7.13. The average Bonchev–Trinajstić information content (AvgIpc) is 3.35. The van der Waals surface area contributed by atoms with Crippen LogP contribution in [0.15, 0.2) is 22.6 Å². The Kier molecular flexibility index (Phi) is 4.95. The molecule has 1 aromatic heterocycles. The molecule has 1 heterocycles. The van der Waals surface area contributed by atoms with Crippen LogP contribution in [0.5, 0.6) is 5.75 Å². The second-order valence-corrected chi connectivity index (χ2v) is 7.72. The minimum atomic E-state index is 0.103. The normalized spacial score (nSPS) is 25.2. The highest BCUT2D eigenvalue weighted by Gasteiger charge is 2.27. The maximum Gasteiger partial charge on any atom is 0.198 e. The Bertz CT molecular complexity index is 700. The number of nitrogens with two attached hydrogens (primary N) is 1. The highest BCUT2D eigenvalue weighted by Crippen LogP contribution is 2.36. The van der Waals surface area contributed by atoms with Crippen molar-refractivity contribution >= 4 is 11.1 Å². The molecule has 4 rings (SSSR count). The molecule has 0 amide bonds. The van der Waals surface area contributed by atoms with Gasteiger partial charge in [-0.25, -0.2) is 4.98 Å². The summed E-state index contributed by atoms with van der Waals surface area (Å²) < 4.78 is 17.8. The van der Waals surface area contributed by atoms with E-state index >= 15 is 0 Å². The van der Waals surface area contributed by atoms with Crippen LogP contribution in [0.4, 0.5) is 0 Å². The van der Waals surface area contributed by atoms with Gasteiger partial charge in [0.25, 0.3) is 0 Å². The van der Waals surface area contributed by atoms with Gasteiger partial charge in [-0.05, 0) is 63.5 Å². The summed E-state index contributed by atoms with van der Waals surface area (Å²) in [4.78, 5) is 4.70. The van der Waals surface area contributed by atoms with Gasteiger partial charge in [-0.15, -0.1) is 0 Å². The molecule has 0 radical (unpaired) electrons. The molecule has 1 unspecified atom stereocenters. The Morgan fingerprint density at radius 2 is 2.00 bits per heavy atom. The van der Waals surface area contributed by atoms with Crippen molar-refractivity contribution in [3.63, 3.8) is 0 Å². The SMILES string of the molecule is CC(N)CO[C@H]1CC[C@H](c2nc3ccc(OCC4CC4)cc3o2)CC1. The number of hydrogen-bond acceptors (Lipinski definition) is 5. The molecule has 136 valence electrons. The highest BCUT2D eigenvalue weighted by molar-refractivity contribution is 5.74. The quantitative estimate of drug-likeness (QED) is 0.822. The summed E-state index contributed by atoms with van der Waals surface area (Å²) in [6.45, 7) is 3.44. The first-order valence-electron chi connectivity index (χ1n) is 9.58. The fourth-order valence-corrected chi connectivity index (χ4v) is 3.45. The zero-order valence-corrected chi connectivity index (χ0v) is 14.9. The molecule has 2 fully saturated rings. The fraction of sp³-hybridized carbons (Fsp3) is 0.650. The van der Waals surface area contributed by atoms with Crippen LogP contribution in [0, 0.1) is 5.92 Å². The van der Waals surface area contributed by atoms with Crippen LogP contribution in [0.1, 0.15) is 57.3 Å². The predicted molar refractivity (Wildman–Crippen MR) is 96.8 cm³/mol. The van der Waals surface area contributed by atoms with E-state index in [4.69, 9.17) is 24.6 Å². The maximum atomic E-state index is 6.05. The van der Waals surface area contributed by atoms with Gasteiger partial charge < -0.3 is 19.6 Å². The molecule has 5 heteroatoms. The lowest BCUT2D eigenvalue weighted by atomic mass is 9.87. The third-order valence-corrected chi connectivity index (χ3v) is 5.18. The van der Waals surface area contributed by atoms with Crippen molar-refractivity contribution in [3.8, 4) is 5.75 Å². The minimum Gasteiger partial charge on any atom is -0.493 e. The van der Waals surface area contributed by atoms with Crippen LogP contribution >= 0.6 is 0 Å². The lowest BCUT2D eigenvalue weighted by Crippen LogP contribution is -2.28. The Hall–Kier alpha value is -1.59. The highest BCUT2D eigenvalue weighted by atomic mass is 16.5. The maximum absolute atomic E-state index is 6.05.